The Morgan fingerprint density at radius 3 is 2.46 bits per heavy atom. The molecule has 2 aromatic heterocycles. The number of fused-ring (bicyclic) bond motifs is 1. The van der Waals surface area contributed by atoms with E-state index >= 15 is 0 Å². The standard InChI is InChI=1S/C26H26N4O3S2/c1-17-13-23-24(14-18(17)2)34-26(28-23)30(16-19-5-4-12-27-15-19)25(31)20-6-10-22(11-7-20)35(32,33)29(3)21-8-9-21/h4-7,10-15,21H,8-9,16H2,1-3H3. The quantitative estimate of drug-likeness (QED) is 0.355. The molecule has 0 spiro atoms. The van der Waals surface area contributed by atoms with Gasteiger partial charge in [-0.1, -0.05) is 17.4 Å². The van der Waals surface area contributed by atoms with Crippen LogP contribution in [-0.2, 0) is 16.6 Å². The number of benzene rings is 2. The van der Waals surface area contributed by atoms with Gasteiger partial charge in [0, 0.05) is 31.0 Å². The van der Waals surface area contributed by atoms with E-state index in [-0.39, 0.29) is 16.8 Å². The minimum absolute atomic E-state index is 0.0718. The SMILES string of the molecule is Cc1cc2nc(N(Cc3cccnc3)C(=O)c3ccc(S(=O)(=O)N(C)C4CC4)cc3)sc2cc1C. The maximum atomic E-state index is 13.7. The van der Waals surface area contributed by atoms with Gasteiger partial charge in [0.25, 0.3) is 5.91 Å². The highest BCUT2D eigenvalue weighted by atomic mass is 32.2. The summed E-state index contributed by atoms with van der Waals surface area (Å²) in [5.74, 6) is -0.249. The van der Waals surface area contributed by atoms with Crippen LogP contribution in [0.15, 0.2) is 65.8 Å². The number of nitrogens with zero attached hydrogens (tertiary/aromatic N) is 4. The average molecular weight is 507 g/mol. The number of sulfonamides is 1. The Morgan fingerprint density at radius 1 is 1.09 bits per heavy atom. The van der Waals surface area contributed by atoms with Crippen LogP contribution in [0, 0.1) is 13.8 Å². The fourth-order valence-electron chi connectivity index (χ4n) is 3.91. The van der Waals surface area contributed by atoms with Gasteiger partial charge in [0.1, 0.15) is 0 Å². The third kappa shape index (κ3) is 4.71. The van der Waals surface area contributed by atoms with Crippen molar-refractivity contribution >= 4 is 42.6 Å². The van der Waals surface area contributed by atoms with Crippen LogP contribution in [0.3, 0.4) is 0 Å². The van der Waals surface area contributed by atoms with Crippen LogP contribution in [0.2, 0.25) is 0 Å². The van der Waals surface area contributed by atoms with E-state index in [1.54, 1.807) is 36.5 Å². The van der Waals surface area contributed by atoms with Crippen LogP contribution in [0.25, 0.3) is 10.2 Å². The lowest BCUT2D eigenvalue weighted by Gasteiger charge is -2.20. The first kappa shape index (κ1) is 23.6. The summed E-state index contributed by atoms with van der Waals surface area (Å²) in [4.78, 5) is 24.4. The monoisotopic (exact) mass is 506 g/mol. The predicted molar refractivity (Wildman–Crippen MR) is 138 cm³/mol. The highest BCUT2D eigenvalue weighted by Crippen LogP contribution is 2.33. The average Bonchev–Trinajstić information content (AvgIpc) is 3.63. The molecule has 1 saturated carbocycles. The van der Waals surface area contributed by atoms with Crippen LogP contribution in [0.1, 0.15) is 39.9 Å². The van der Waals surface area contributed by atoms with Crippen molar-refractivity contribution in [2.75, 3.05) is 11.9 Å². The van der Waals surface area contributed by atoms with Gasteiger partial charge in [-0.2, -0.15) is 4.31 Å². The van der Waals surface area contributed by atoms with Crippen molar-refractivity contribution < 1.29 is 13.2 Å². The third-order valence-electron chi connectivity index (χ3n) is 6.37. The van der Waals surface area contributed by atoms with Gasteiger partial charge in [-0.15, -0.1) is 0 Å². The van der Waals surface area contributed by atoms with Gasteiger partial charge in [0.15, 0.2) is 5.13 Å². The summed E-state index contributed by atoms with van der Waals surface area (Å²) in [5.41, 5.74) is 4.44. The molecule has 180 valence electrons. The molecule has 0 saturated heterocycles. The zero-order valence-electron chi connectivity index (χ0n) is 19.8. The van der Waals surface area contributed by atoms with Crippen molar-refractivity contribution in [2.45, 2.75) is 44.2 Å². The maximum Gasteiger partial charge on any atom is 0.260 e. The summed E-state index contributed by atoms with van der Waals surface area (Å²) in [6, 6.07) is 14.1. The molecule has 0 aliphatic heterocycles. The number of anilines is 1. The van der Waals surface area contributed by atoms with Gasteiger partial charge >= 0.3 is 0 Å². The fraction of sp³-hybridized carbons (Fsp3) is 0.269. The predicted octanol–water partition coefficient (Wildman–Crippen LogP) is 4.94. The van der Waals surface area contributed by atoms with Crippen LogP contribution in [0.4, 0.5) is 5.13 Å². The first-order valence-corrected chi connectivity index (χ1v) is 13.7. The Kier molecular flexibility index (Phi) is 6.16. The Bertz CT molecular complexity index is 1460. The van der Waals surface area contributed by atoms with Crippen LogP contribution < -0.4 is 4.90 Å². The van der Waals surface area contributed by atoms with Crippen molar-refractivity contribution in [3.8, 4) is 0 Å². The fourth-order valence-corrected chi connectivity index (χ4v) is 6.37. The van der Waals surface area contributed by atoms with E-state index in [0.717, 1.165) is 34.2 Å². The van der Waals surface area contributed by atoms with Crippen molar-refractivity contribution in [1.29, 1.82) is 0 Å². The molecular formula is C26H26N4O3S2. The van der Waals surface area contributed by atoms with E-state index in [9.17, 15) is 13.2 Å². The summed E-state index contributed by atoms with van der Waals surface area (Å²) in [5, 5.41) is 0.587. The zero-order valence-corrected chi connectivity index (χ0v) is 21.4. The summed E-state index contributed by atoms with van der Waals surface area (Å²) < 4.78 is 28.2. The highest BCUT2D eigenvalue weighted by Gasteiger charge is 2.35. The zero-order chi connectivity index (χ0) is 24.7. The number of pyridine rings is 1. The molecule has 9 heteroatoms. The van der Waals surface area contributed by atoms with Crippen molar-refractivity contribution in [3.63, 3.8) is 0 Å². The van der Waals surface area contributed by atoms with E-state index in [2.05, 4.69) is 18.0 Å². The normalized spacial score (nSPS) is 13.9. The number of carbonyl (C=O) groups excluding carboxylic acids is 1. The molecule has 1 fully saturated rings. The number of rotatable bonds is 7. The molecule has 1 aliphatic rings. The molecule has 35 heavy (non-hydrogen) atoms. The number of thiazole rings is 1. The minimum atomic E-state index is -3.57. The van der Waals surface area contributed by atoms with E-state index in [1.807, 2.05) is 25.1 Å². The van der Waals surface area contributed by atoms with Gasteiger partial charge in [-0.25, -0.2) is 13.4 Å². The van der Waals surface area contributed by atoms with Gasteiger partial charge in [-0.3, -0.25) is 14.7 Å². The molecule has 0 unspecified atom stereocenters. The summed E-state index contributed by atoms with van der Waals surface area (Å²) in [6.45, 7) is 4.40. The Labute approximate surface area is 209 Å². The largest absolute Gasteiger partial charge is 0.279 e. The van der Waals surface area contributed by atoms with Gasteiger partial charge in [0.2, 0.25) is 10.0 Å². The topological polar surface area (TPSA) is 83.5 Å². The van der Waals surface area contributed by atoms with Crippen LogP contribution in [0.5, 0.6) is 0 Å². The van der Waals surface area contributed by atoms with Gasteiger partial charge in [0.05, 0.1) is 21.7 Å². The molecule has 0 bridgehead atoms. The van der Waals surface area contributed by atoms with E-state index in [0.29, 0.717) is 17.2 Å². The number of aryl methyl sites for hydroxylation is 2. The molecule has 1 aliphatic carbocycles. The molecule has 5 rings (SSSR count). The Balaban J connectivity index is 1.49. The number of aromatic nitrogens is 2. The molecule has 1 amide bonds. The van der Waals surface area contributed by atoms with E-state index in [4.69, 9.17) is 4.98 Å². The summed E-state index contributed by atoms with van der Waals surface area (Å²) >= 11 is 1.46. The Hall–Kier alpha value is -3.14. The lowest BCUT2D eigenvalue weighted by Crippen LogP contribution is -2.31. The molecule has 4 aromatic rings. The van der Waals surface area contributed by atoms with E-state index in [1.165, 1.54) is 33.3 Å². The second-order valence-electron chi connectivity index (χ2n) is 8.93. The van der Waals surface area contributed by atoms with Crippen LogP contribution >= 0.6 is 11.3 Å². The number of amides is 1. The van der Waals surface area contributed by atoms with Gasteiger partial charge in [-0.05, 0) is 85.8 Å². The number of hydrogen-bond donors (Lipinski definition) is 0. The van der Waals surface area contributed by atoms with Crippen molar-refractivity contribution in [3.05, 3.63) is 83.2 Å². The maximum absolute atomic E-state index is 13.7. The summed E-state index contributed by atoms with van der Waals surface area (Å²) in [6.07, 6.45) is 5.19. The minimum Gasteiger partial charge on any atom is -0.279 e. The smallest absolute Gasteiger partial charge is 0.260 e. The number of carbonyl (C=O) groups is 1. The molecule has 0 atom stereocenters. The summed E-state index contributed by atoms with van der Waals surface area (Å²) in [7, 11) is -1.97. The van der Waals surface area contributed by atoms with E-state index < -0.39 is 10.0 Å². The first-order valence-electron chi connectivity index (χ1n) is 11.4. The molecule has 0 N–H and O–H groups in total. The molecule has 2 heterocycles. The molecule has 2 aromatic carbocycles. The lowest BCUT2D eigenvalue weighted by molar-refractivity contribution is 0.0985. The van der Waals surface area contributed by atoms with Crippen molar-refractivity contribution in [2.24, 2.45) is 0 Å². The highest BCUT2D eigenvalue weighted by molar-refractivity contribution is 7.89. The molecule has 7 nitrogen and oxygen atoms in total. The first-order chi connectivity index (χ1) is 16.7. The lowest BCUT2D eigenvalue weighted by atomic mass is 10.1. The van der Waals surface area contributed by atoms with Crippen LogP contribution in [-0.4, -0.2) is 41.7 Å². The number of hydrogen-bond acceptors (Lipinski definition) is 6. The molecule has 0 radical (unpaired) electrons. The second-order valence-corrected chi connectivity index (χ2v) is 11.9. The van der Waals surface area contributed by atoms with Gasteiger partial charge < -0.3 is 0 Å². The Morgan fingerprint density at radius 2 is 1.80 bits per heavy atom. The van der Waals surface area contributed by atoms with Crippen molar-refractivity contribution in [1.82, 2.24) is 14.3 Å². The molecular weight excluding hydrogens is 480 g/mol. The third-order valence-corrected chi connectivity index (χ3v) is 9.34. The second kappa shape index (κ2) is 9.14.